The lowest BCUT2D eigenvalue weighted by molar-refractivity contribution is -0.121. The average Bonchev–Trinajstić information content (AvgIpc) is 2.32. The third kappa shape index (κ3) is 1.53. The van der Waals surface area contributed by atoms with Gasteiger partial charge in [0.25, 0.3) is 5.91 Å². The molecule has 8 heteroatoms. The molecule has 0 aromatic heterocycles. The molecule has 0 atom stereocenters. The van der Waals surface area contributed by atoms with Crippen molar-refractivity contribution < 1.29 is 26.4 Å². The van der Waals surface area contributed by atoms with E-state index in [1.807, 2.05) is 0 Å². The highest BCUT2D eigenvalue weighted by Crippen LogP contribution is 2.28. The zero-order valence-corrected chi connectivity index (χ0v) is 6.89. The number of hydrogen-bond donors (Lipinski definition) is 0. The molecular weight excluding hydrogens is 211 g/mol. The molecule has 0 aliphatic carbocycles. The van der Waals surface area contributed by atoms with Crippen LogP contribution < -0.4 is 0 Å². The highest BCUT2D eigenvalue weighted by Gasteiger charge is 2.51. The molecule has 0 saturated heterocycles. The molecule has 0 spiro atoms. The van der Waals surface area contributed by atoms with E-state index in [0.29, 0.717) is 0 Å². The van der Waals surface area contributed by atoms with E-state index in [0.717, 1.165) is 12.2 Å². The molecule has 1 amide bonds. The largest absolute Gasteiger partial charge is 0.516 e. The predicted octanol–water partition coefficient (Wildman–Crippen LogP) is 0.234. The van der Waals surface area contributed by atoms with Crippen LogP contribution >= 0.6 is 0 Å². The van der Waals surface area contributed by atoms with Gasteiger partial charge in [0, 0.05) is 6.08 Å². The summed E-state index contributed by atoms with van der Waals surface area (Å²) in [7, 11) is -5.50. The van der Waals surface area contributed by atoms with Gasteiger partial charge in [0.1, 0.15) is 0 Å². The molecular formula is C5H4F3NO3S. The number of nitrogens with zero attached hydrogens (tertiary/aromatic N) is 1. The Morgan fingerprint density at radius 2 is 1.92 bits per heavy atom. The van der Waals surface area contributed by atoms with E-state index in [9.17, 15) is 26.4 Å². The van der Waals surface area contributed by atoms with Crippen LogP contribution in [0.3, 0.4) is 0 Å². The summed E-state index contributed by atoms with van der Waals surface area (Å²) in [4.78, 5) is 10.6. The monoisotopic (exact) mass is 215 g/mol. The normalized spacial score (nSPS) is 18.4. The minimum absolute atomic E-state index is 0.229. The van der Waals surface area contributed by atoms with Crippen LogP contribution in [0.4, 0.5) is 13.2 Å². The number of sulfonamides is 1. The first kappa shape index (κ1) is 10.0. The smallest absolute Gasteiger partial charge is 0.269 e. The number of alkyl halides is 3. The summed E-state index contributed by atoms with van der Waals surface area (Å²) >= 11 is 0. The Balaban J connectivity index is 3.03. The van der Waals surface area contributed by atoms with Gasteiger partial charge in [0.05, 0.1) is 6.54 Å². The molecule has 74 valence electrons. The van der Waals surface area contributed by atoms with Crippen molar-refractivity contribution in [2.24, 2.45) is 0 Å². The molecule has 0 bridgehead atoms. The summed E-state index contributed by atoms with van der Waals surface area (Å²) < 4.78 is 56.5. The zero-order chi connectivity index (χ0) is 10.3. The van der Waals surface area contributed by atoms with E-state index in [1.165, 1.54) is 0 Å². The van der Waals surface area contributed by atoms with E-state index in [2.05, 4.69) is 0 Å². The standard InChI is InChI=1S/C5H4F3NO3S/c6-5(7,8)13(11,12)9-3-1-2-4(9)10/h1-2H,3H2. The van der Waals surface area contributed by atoms with Crippen LogP contribution in [0, 0.1) is 0 Å². The van der Waals surface area contributed by atoms with Crippen molar-refractivity contribution in [3.63, 3.8) is 0 Å². The minimum atomic E-state index is -5.50. The summed E-state index contributed by atoms with van der Waals surface area (Å²) in [6.07, 6.45) is 1.83. The van der Waals surface area contributed by atoms with Crippen molar-refractivity contribution in [3.8, 4) is 0 Å². The van der Waals surface area contributed by atoms with Gasteiger partial charge < -0.3 is 0 Å². The van der Waals surface area contributed by atoms with E-state index in [1.54, 1.807) is 0 Å². The quantitative estimate of drug-likeness (QED) is 0.629. The molecule has 0 fully saturated rings. The minimum Gasteiger partial charge on any atom is -0.269 e. The van der Waals surface area contributed by atoms with Gasteiger partial charge in [-0.1, -0.05) is 6.08 Å². The fourth-order valence-corrected chi connectivity index (χ4v) is 1.59. The lowest BCUT2D eigenvalue weighted by Gasteiger charge is -2.17. The van der Waals surface area contributed by atoms with Crippen LogP contribution in [0.2, 0.25) is 0 Å². The lowest BCUT2D eigenvalue weighted by atomic mass is 10.6. The van der Waals surface area contributed by atoms with Gasteiger partial charge in [-0.2, -0.15) is 21.6 Å². The number of carbonyl (C=O) groups excluding carboxylic acids is 1. The first-order chi connectivity index (χ1) is 5.77. The molecule has 0 aromatic rings. The number of halogens is 3. The van der Waals surface area contributed by atoms with Crippen molar-refractivity contribution in [2.75, 3.05) is 6.54 Å². The van der Waals surface area contributed by atoms with Crippen LogP contribution in [-0.4, -0.2) is 30.7 Å². The molecule has 0 unspecified atom stereocenters. The highest BCUT2D eigenvalue weighted by atomic mass is 32.2. The van der Waals surface area contributed by atoms with Crippen molar-refractivity contribution >= 4 is 15.9 Å². The molecule has 0 N–H and O–H groups in total. The molecule has 0 radical (unpaired) electrons. The van der Waals surface area contributed by atoms with Gasteiger partial charge in [-0.3, -0.25) is 4.79 Å². The average molecular weight is 215 g/mol. The van der Waals surface area contributed by atoms with Crippen LogP contribution in [0.25, 0.3) is 0 Å². The Kier molecular flexibility index (Phi) is 2.10. The molecule has 1 heterocycles. The molecule has 13 heavy (non-hydrogen) atoms. The molecule has 1 aliphatic heterocycles. The lowest BCUT2D eigenvalue weighted by Crippen LogP contribution is -2.41. The molecule has 1 aliphatic rings. The molecule has 0 saturated carbocycles. The van der Waals surface area contributed by atoms with Gasteiger partial charge in [-0.05, 0) is 0 Å². The van der Waals surface area contributed by atoms with E-state index in [4.69, 9.17) is 0 Å². The number of hydrogen-bond acceptors (Lipinski definition) is 3. The van der Waals surface area contributed by atoms with Crippen LogP contribution in [0.5, 0.6) is 0 Å². The number of carbonyl (C=O) groups is 1. The topological polar surface area (TPSA) is 54.5 Å². The van der Waals surface area contributed by atoms with Crippen LogP contribution in [-0.2, 0) is 14.8 Å². The highest BCUT2D eigenvalue weighted by molar-refractivity contribution is 7.90. The maximum absolute atomic E-state index is 11.8. The number of rotatable bonds is 1. The van der Waals surface area contributed by atoms with Gasteiger partial charge in [0.15, 0.2) is 0 Å². The third-order valence-electron chi connectivity index (χ3n) is 1.36. The van der Waals surface area contributed by atoms with Gasteiger partial charge in [0.2, 0.25) is 0 Å². The second-order valence-electron chi connectivity index (χ2n) is 2.22. The van der Waals surface area contributed by atoms with Crippen molar-refractivity contribution in [1.29, 1.82) is 0 Å². The van der Waals surface area contributed by atoms with Gasteiger partial charge >= 0.3 is 15.5 Å². The van der Waals surface area contributed by atoms with Crippen LogP contribution in [0.1, 0.15) is 0 Å². The van der Waals surface area contributed by atoms with Gasteiger partial charge in [-0.25, -0.2) is 4.31 Å². The Morgan fingerprint density at radius 3 is 2.23 bits per heavy atom. The second-order valence-corrected chi connectivity index (χ2v) is 4.08. The second kappa shape index (κ2) is 2.72. The maximum atomic E-state index is 11.8. The Hall–Kier alpha value is -1.05. The fourth-order valence-electron chi connectivity index (χ4n) is 0.764. The van der Waals surface area contributed by atoms with Gasteiger partial charge in [-0.15, -0.1) is 0 Å². The van der Waals surface area contributed by atoms with E-state index < -0.39 is 28.0 Å². The Morgan fingerprint density at radius 1 is 1.38 bits per heavy atom. The summed E-state index contributed by atoms with van der Waals surface area (Å²) in [5.41, 5.74) is -5.42. The Labute approximate surface area is 71.7 Å². The first-order valence-electron chi connectivity index (χ1n) is 3.06. The van der Waals surface area contributed by atoms with E-state index >= 15 is 0 Å². The van der Waals surface area contributed by atoms with Crippen molar-refractivity contribution in [3.05, 3.63) is 12.2 Å². The van der Waals surface area contributed by atoms with Crippen LogP contribution in [0.15, 0.2) is 12.2 Å². The third-order valence-corrected chi connectivity index (χ3v) is 2.85. The molecule has 1 rings (SSSR count). The fraction of sp³-hybridized carbons (Fsp3) is 0.400. The maximum Gasteiger partial charge on any atom is 0.516 e. The summed E-state index contributed by atoms with van der Waals surface area (Å²) in [6, 6.07) is 0. The number of amides is 1. The Bertz CT molecular complexity index is 356. The zero-order valence-electron chi connectivity index (χ0n) is 6.08. The van der Waals surface area contributed by atoms with Crippen molar-refractivity contribution in [2.45, 2.75) is 5.51 Å². The first-order valence-corrected chi connectivity index (χ1v) is 4.50. The summed E-state index contributed by atoms with van der Waals surface area (Å²) in [6.45, 7) is -0.555. The molecule has 4 nitrogen and oxygen atoms in total. The van der Waals surface area contributed by atoms with E-state index in [-0.39, 0.29) is 4.31 Å². The summed E-state index contributed by atoms with van der Waals surface area (Å²) in [5.74, 6) is -1.17. The molecule has 0 aromatic carbocycles. The SMILES string of the molecule is O=C1C=CCN1S(=O)(=O)C(F)(F)F. The van der Waals surface area contributed by atoms with Crippen molar-refractivity contribution in [1.82, 2.24) is 4.31 Å². The summed E-state index contributed by atoms with van der Waals surface area (Å²) in [5, 5.41) is 0. The predicted molar refractivity (Wildman–Crippen MR) is 35.8 cm³/mol.